The summed E-state index contributed by atoms with van der Waals surface area (Å²) in [6.07, 6.45) is 1.88. The third-order valence-corrected chi connectivity index (χ3v) is 7.85. The van der Waals surface area contributed by atoms with Gasteiger partial charge in [-0.05, 0) is 37.2 Å². The summed E-state index contributed by atoms with van der Waals surface area (Å²) in [6.45, 7) is 2.26. The number of ether oxygens (including phenoxy) is 1. The van der Waals surface area contributed by atoms with Crippen LogP contribution < -0.4 is 11.1 Å². The van der Waals surface area contributed by atoms with E-state index < -0.39 is 22.0 Å². The Hall–Kier alpha value is -2.13. The van der Waals surface area contributed by atoms with Crippen LogP contribution in [0.4, 0.5) is 4.79 Å². The number of likely N-dealkylation sites (tertiary alicyclic amines) is 1. The lowest BCUT2D eigenvalue weighted by Gasteiger charge is -2.40. The third kappa shape index (κ3) is 5.72. The first-order valence-corrected chi connectivity index (χ1v) is 12.3. The number of amides is 2. The molecule has 1 heterocycles. The molecule has 2 aliphatic rings. The fourth-order valence-electron chi connectivity index (χ4n) is 4.39. The Balaban J connectivity index is 1.58. The van der Waals surface area contributed by atoms with Gasteiger partial charge in [-0.1, -0.05) is 37.3 Å². The van der Waals surface area contributed by atoms with Gasteiger partial charge in [0.25, 0.3) is 0 Å². The number of nitrogens with two attached hydrogens (primary N) is 1. The largest absolute Gasteiger partial charge is 0.445 e. The molecule has 1 aliphatic heterocycles. The van der Waals surface area contributed by atoms with Gasteiger partial charge in [-0.2, -0.15) is 0 Å². The first-order valence-electron chi connectivity index (χ1n) is 10.5. The number of alkyl carbamates (subject to hydrolysis) is 1. The van der Waals surface area contributed by atoms with Crippen LogP contribution in [0, 0.1) is 5.92 Å². The number of nitrogens with zero attached hydrogens (tertiary/aromatic N) is 1. The molecule has 1 aromatic carbocycles. The summed E-state index contributed by atoms with van der Waals surface area (Å²) in [5.74, 6) is -0.225. The van der Waals surface area contributed by atoms with Crippen LogP contribution in [0.5, 0.6) is 0 Å². The van der Waals surface area contributed by atoms with Crippen LogP contribution in [0.25, 0.3) is 0 Å². The van der Waals surface area contributed by atoms with E-state index in [4.69, 9.17) is 10.5 Å². The van der Waals surface area contributed by atoms with Crippen molar-refractivity contribution in [3.05, 3.63) is 35.9 Å². The molecule has 3 rings (SSSR count). The molecule has 0 unspecified atom stereocenters. The molecule has 0 radical (unpaired) electrons. The standard InChI is InChI=1S/C21H31N3O5S/c1-2-30(27,28)14-16-12-17(22)8-9-19(16)24-11-10-18(20(24)25)23-21(26)29-13-15-6-4-3-5-7-15/h3-7,16-19H,2,8-14,22H2,1H3,(H,23,26)/t16-,17+,18-,19-/m0/s1. The Kier molecular flexibility index (Phi) is 7.36. The maximum absolute atomic E-state index is 13.0. The number of rotatable bonds is 7. The molecular weight excluding hydrogens is 406 g/mol. The highest BCUT2D eigenvalue weighted by Crippen LogP contribution is 2.32. The van der Waals surface area contributed by atoms with Gasteiger partial charge in [-0.3, -0.25) is 4.79 Å². The number of carbonyl (C=O) groups excluding carboxylic acids is 2. The van der Waals surface area contributed by atoms with Gasteiger partial charge < -0.3 is 20.7 Å². The Labute approximate surface area is 178 Å². The lowest BCUT2D eigenvalue weighted by Crippen LogP contribution is -2.51. The number of hydrogen-bond donors (Lipinski definition) is 2. The van der Waals surface area contributed by atoms with E-state index in [1.54, 1.807) is 11.8 Å². The molecule has 30 heavy (non-hydrogen) atoms. The molecule has 4 atom stereocenters. The Bertz CT molecular complexity index is 845. The topological polar surface area (TPSA) is 119 Å². The fourth-order valence-corrected chi connectivity index (χ4v) is 5.64. The van der Waals surface area contributed by atoms with Crippen LogP contribution in [0.15, 0.2) is 30.3 Å². The Morgan fingerprint density at radius 3 is 2.67 bits per heavy atom. The molecule has 3 N–H and O–H groups in total. The second kappa shape index (κ2) is 9.78. The highest BCUT2D eigenvalue weighted by atomic mass is 32.2. The molecule has 166 valence electrons. The molecule has 0 bridgehead atoms. The van der Waals surface area contributed by atoms with E-state index in [0.29, 0.717) is 25.8 Å². The zero-order valence-electron chi connectivity index (χ0n) is 17.3. The smallest absolute Gasteiger partial charge is 0.408 e. The highest BCUT2D eigenvalue weighted by Gasteiger charge is 2.42. The highest BCUT2D eigenvalue weighted by molar-refractivity contribution is 7.91. The van der Waals surface area contributed by atoms with Crippen LogP contribution in [0.2, 0.25) is 0 Å². The van der Waals surface area contributed by atoms with Gasteiger partial charge >= 0.3 is 6.09 Å². The molecular formula is C21H31N3O5S. The zero-order chi connectivity index (χ0) is 21.7. The predicted octanol–water partition coefficient (Wildman–Crippen LogP) is 1.44. The molecule has 9 heteroatoms. The molecule has 8 nitrogen and oxygen atoms in total. The summed E-state index contributed by atoms with van der Waals surface area (Å²) < 4.78 is 29.6. The molecule has 0 aromatic heterocycles. The fraction of sp³-hybridized carbons (Fsp3) is 0.619. The first-order chi connectivity index (χ1) is 14.3. The summed E-state index contributed by atoms with van der Waals surface area (Å²) in [4.78, 5) is 26.8. The first kappa shape index (κ1) is 22.6. The van der Waals surface area contributed by atoms with Crippen molar-refractivity contribution in [2.75, 3.05) is 18.1 Å². The van der Waals surface area contributed by atoms with Crippen molar-refractivity contribution in [2.45, 2.75) is 57.3 Å². The normalized spacial score (nSPS) is 27.1. The van der Waals surface area contributed by atoms with Crippen molar-refractivity contribution in [1.29, 1.82) is 0 Å². The van der Waals surface area contributed by atoms with E-state index >= 15 is 0 Å². The minimum Gasteiger partial charge on any atom is -0.445 e. The van der Waals surface area contributed by atoms with Crippen molar-refractivity contribution in [2.24, 2.45) is 11.7 Å². The molecule has 1 saturated carbocycles. The van der Waals surface area contributed by atoms with Gasteiger partial charge in [0.05, 0.1) is 5.75 Å². The summed E-state index contributed by atoms with van der Waals surface area (Å²) in [6, 6.07) is 8.46. The van der Waals surface area contributed by atoms with E-state index in [2.05, 4.69) is 5.32 Å². The lowest BCUT2D eigenvalue weighted by molar-refractivity contribution is -0.132. The van der Waals surface area contributed by atoms with E-state index in [9.17, 15) is 18.0 Å². The van der Waals surface area contributed by atoms with Crippen LogP contribution >= 0.6 is 0 Å². The summed E-state index contributed by atoms with van der Waals surface area (Å²) >= 11 is 0. The quantitative estimate of drug-likeness (QED) is 0.666. The second-order valence-corrected chi connectivity index (χ2v) is 10.6. The summed E-state index contributed by atoms with van der Waals surface area (Å²) in [5, 5.41) is 2.66. The van der Waals surface area contributed by atoms with Crippen molar-refractivity contribution in [3.8, 4) is 0 Å². The number of carbonyl (C=O) groups is 2. The van der Waals surface area contributed by atoms with Gasteiger partial charge in [-0.25, -0.2) is 13.2 Å². The van der Waals surface area contributed by atoms with Crippen molar-refractivity contribution in [1.82, 2.24) is 10.2 Å². The van der Waals surface area contributed by atoms with E-state index in [-0.39, 0.29) is 42.0 Å². The van der Waals surface area contributed by atoms with E-state index in [1.165, 1.54) is 0 Å². The monoisotopic (exact) mass is 437 g/mol. The molecule has 2 amide bonds. The lowest BCUT2D eigenvalue weighted by atomic mass is 9.82. The van der Waals surface area contributed by atoms with Gasteiger partial charge in [-0.15, -0.1) is 0 Å². The maximum Gasteiger partial charge on any atom is 0.408 e. The number of nitrogens with one attached hydrogen (secondary N) is 1. The van der Waals surface area contributed by atoms with Crippen molar-refractivity contribution >= 4 is 21.8 Å². The minimum absolute atomic E-state index is 0.0436. The van der Waals surface area contributed by atoms with E-state index in [0.717, 1.165) is 12.0 Å². The third-order valence-electron chi connectivity index (χ3n) is 6.04. The molecule has 1 aliphatic carbocycles. The number of sulfone groups is 1. The van der Waals surface area contributed by atoms with Crippen LogP contribution in [-0.2, 0) is 26.0 Å². The van der Waals surface area contributed by atoms with Crippen molar-refractivity contribution in [3.63, 3.8) is 0 Å². The van der Waals surface area contributed by atoms with Crippen LogP contribution in [0.1, 0.15) is 38.2 Å². The minimum atomic E-state index is -3.17. The number of benzene rings is 1. The van der Waals surface area contributed by atoms with Crippen LogP contribution in [-0.4, -0.2) is 61.5 Å². The van der Waals surface area contributed by atoms with Crippen LogP contribution in [0.3, 0.4) is 0 Å². The Morgan fingerprint density at radius 1 is 1.23 bits per heavy atom. The average molecular weight is 438 g/mol. The summed E-state index contributed by atoms with van der Waals surface area (Å²) in [5.41, 5.74) is 6.95. The zero-order valence-corrected chi connectivity index (χ0v) is 18.1. The van der Waals surface area contributed by atoms with Gasteiger partial charge in [0.1, 0.15) is 22.5 Å². The second-order valence-electron chi connectivity index (χ2n) is 8.18. The average Bonchev–Trinajstić information content (AvgIpc) is 3.07. The molecule has 0 spiro atoms. The maximum atomic E-state index is 13.0. The molecule has 2 fully saturated rings. The van der Waals surface area contributed by atoms with E-state index in [1.807, 2.05) is 30.3 Å². The van der Waals surface area contributed by atoms with Gasteiger partial charge in [0.15, 0.2) is 0 Å². The molecule has 1 aromatic rings. The SMILES string of the molecule is CCS(=O)(=O)C[C@@H]1C[C@H](N)CC[C@@H]1N1CC[C@H](NC(=O)OCc2ccccc2)C1=O. The van der Waals surface area contributed by atoms with Gasteiger partial charge in [0, 0.05) is 24.4 Å². The Morgan fingerprint density at radius 2 is 1.97 bits per heavy atom. The number of hydrogen-bond acceptors (Lipinski definition) is 6. The predicted molar refractivity (Wildman–Crippen MR) is 113 cm³/mol. The van der Waals surface area contributed by atoms with Crippen molar-refractivity contribution < 1.29 is 22.7 Å². The summed E-state index contributed by atoms with van der Waals surface area (Å²) in [7, 11) is -3.17. The van der Waals surface area contributed by atoms with Gasteiger partial charge in [0.2, 0.25) is 5.91 Å². The molecule has 1 saturated heterocycles.